The van der Waals surface area contributed by atoms with Gasteiger partial charge in [-0.05, 0) is 6.92 Å². The molecule has 23 heavy (non-hydrogen) atoms. The zero-order valence-electron chi connectivity index (χ0n) is 13.6. The number of anilines is 2. The highest BCUT2D eigenvalue weighted by Crippen LogP contribution is 2.12. The molecule has 0 radical (unpaired) electrons. The molecule has 0 bridgehead atoms. The first kappa shape index (κ1) is 17.2. The van der Waals surface area contributed by atoms with E-state index in [1.165, 1.54) is 6.20 Å². The lowest BCUT2D eigenvalue weighted by Gasteiger charge is -2.12. The molecule has 2 aromatic rings. The first-order valence-corrected chi connectivity index (χ1v) is 8.51. The van der Waals surface area contributed by atoms with Crippen LogP contribution in [0.15, 0.2) is 23.5 Å². The predicted molar refractivity (Wildman–Crippen MR) is 88.0 cm³/mol. The van der Waals surface area contributed by atoms with Gasteiger partial charge >= 0.3 is 0 Å². The summed E-state index contributed by atoms with van der Waals surface area (Å²) in [6.07, 6.45) is 3.13. The van der Waals surface area contributed by atoms with Gasteiger partial charge in [0, 0.05) is 46.5 Å². The van der Waals surface area contributed by atoms with Gasteiger partial charge in [0.1, 0.15) is 5.82 Å². The first-order chi connectivity index (χ1) is 10.8. The summed E-state index contributed by atoms with van der Waals surface area (Å²) in [6, 6.07) is 1.84. The Kier molecular flexibility index (Phi) is 5.16. The summed E-state index contributed by atoms with van der Waals surface area (Å²) in [5.41, 5.74) is 0.909. The van der Waals surface area contributed by atoms with Crippen LogP contribution in [0.2, 0.25) is 0 Å². The minimum Gasteiger partial charge on any atom is -0.376 e. The van der Waals surface area contributed by atoms with Gasteiger partial charge in [-0.25, -0.2) is 18.1 Å². The van der Waals surface area contributed by atoms with Crippen molar-refractivity contribution in [1.82, 2.24) is 24.5 Å². The van der Waals surface area contributed by atoms with E-state index in [9.17, 15) is 8.42 Å². The molecular formula is C13H21N7O2S. The van der Waals surface area contributed by atoms with Gasteiger partial charge in [-0.2, -0.15) is 5.10 Å². The monoisotopic (exact) mass is 339 g/mol. The van der Waals surface area contributed by atoms with Crippen LogP contribution in [0.5, 0.6) is 0 Å². The average molecular weight is 339 g/mol. The molecule has 0 unspecified atom stereocenters. The number of hydrogen-bond donors (Lipinski definition) is 2. The quantitative estimate of drug-likeness (QED) is 0.683. The third-order valence-corrected chi connectivity index (χ3v) is 4.57. The molecule has 0 aliphatic heterocycles. The van der Waals surface area contributed by atoms with Gasteiger partial charge in [-0.15, -0.1) is 5.10 Å². The molecule has 2 heterocycles. The second-order valence-electron chi connectivity index (χ2n) is 5.26. The van der Waals surface area contributed by atoms with Crippen molar-refractivity contribution >= 4 is 21.5 Å². The van der Waals surface area contributed by atoms with Crippen LogP contribution in [0, 0.1) is 6.92 Å². The van der Waals surface area contributed by atoms with Crippen molar-refractivity contribution in [3.05, 3.63) is 24.3 Å². The Labute approximate surface area is 135 Å². The molecule has 0 amide bonds. The van der Waals surface area contributed by atoms with E-state index in [-0.39, 0.29) is 11.6 Å². The van der Waals surface area contributed by atoms with Crippen LogP contribution in [0.4, 0.5) is 11.5 Å². The van der Waals surface area contributed by atoms with E-state index in [0.29, 0.717) is 18.2 Å². The zero-order valence-corrected chi connectivity index (χ0v) is 14.4. The van der Waals surface area contributed by atoms with Crippen molar-refractivity contribution < 1.29 is 8.42 Å². The maximum absolute atomic E-state index is 12.1. The second kappa shape index (κ2) is 6.92. The molecule has 126 valence electrons. The second-order valence-corrected chi connectivity index (χ2v) is 6.97. The summed E-state index contributed by atoms with van der Waals surface area (Å²) in [7, 11) is 1.96. The van der Waals surface area contributed by atoms with Crippen LogP contribution in [0.3, 0.4) is 0 Å². The number of sulfonamides is 1. The minimum absolute atomic E-state index is 0.0203. The van der Waals surface area contributed by atoms with Crippen molar-refractivity contribution in [1.29, 1.82) is 0 Å². The molecule has 0 aliphatic carbocycles. The molecular weight excluding hydrogens is 318 g/mol. The fourth-order valence-corrected chi connectivity index (χ4v) is 2.86. The molecule has 0 fully saturated rings. The lowest BCUT2D eigenvalue weighted by molar-refractivity contribution is 0.579. The zero-order chi connectivity index (χ0) is 17.0. The fraction of sp³-hybridized carbons (Fsp3) is 0.462. The number of aromatic nitrogens is 4. The average Bonchev–Trinajstić information content (AvgIpc) is 2.84. The Morgan fingerprint density at radius 1 is 1.30 bits per heavy atom. The van der Waals surface area contributed by atoms with E-state index in [0.717, 1.165) is 5.69 Å². The molecule has 0 saturated heterocycles. The van der Waals surface area contributed by atoms with Crippen molar-refractivity contribution in [2.45, 2.75) is 11.9 Å². The van der Waals surface area contributed by atoms with Gasteiger partial charge in [0.2, 0.25) is 0 Å². The molecule has 10 heteroatoms. The third-order valence-electron chi connectivity index (χ3n) is 3.24. The van der Waals surface area contributed by atoms with Crippen molar-refractivity contribution in [2.24, 2.45) is 7.05 Å². The topological polar surface area (TPSA) is 105 Å². The van der Waals surface area contributed by atoms with Crippen LogP contribution in [0.1, 0.15) is 5.82 Å². The molecule has 0 spiro atoms. The maximum Gasteiger partial charge on any atom is 0.259 e. The summed E-state index contributed by atoms with van der Waals surface area (Å²) in [5, 5.41) is 10.9. The summed E-state index contributed by atoms with van der Waals surface area (Å²) in [4.78, 5) is 5.92. The highest BCUT2D eigenvalue weighted by atomic mass is 32.2. The summed E-state index contributed by atoms with van der Waals surface area (Å²) < 4.78 is 28.4. The summed E-state index contributed by atoms with van der Waals surface area (Å²) >= 11 is 0. The number of nitrogens with zero attached hydrogens (tertiary/aromatic N) is 5. The van der Waals surface area contributed by atoms with Gasteiger partial charge in [-0.3, -0.25) is 0 Å². The molecule has 2 aromatic heterocycles. The molecule has 2 N–H and O–H groups in total. The van der Waals surface area contributed by atoms with Crippen LogP contribution in [0.25, 0.3) is 0 Å². The maximum atomic E-state index is 12.1. The van der Waals surface area contributed by atoms with E-state index in [4.69, 9.17) is 0 Å². The van der Waals surface area contributed by atoms with Crippen molar-refractivity contribution in [2.75, 3.05) is 37.4 Å². The van der Waals surface area contributed by atoms with Gasteiger partial charge in [-0.1, -0.05) is 0 Å². The van der Waals surface area contributed by atoms with Gasteiger partial charge in [0.25, 0.3) is 10.0 Å². The standard InChI is InChI=1S/C13H21N7O2S/c1-10-17-13(9-20(10)4)23(21,22)16-6-5-14-12-7-11(19(2)3)8-15-18-12/h7-9,16H,5-6H2,1-4H3,(H,14,18). The van der Waals surface area contributed by atoms with E-state index < -0.39 is 10.0 Å². The molecule has 0 saturated carbocycles. The van der Waals surface area contributed by atoms with Crippen LogP contribution < -0.4 is 14.9 Å². The molecule has 9 nitrogen and oxygen atoms in total. The minimum atomic E-state index is -3.60. The summed E-state index contributed by atoms with van der Waals surface area (Å²) in [6.45, 7) is 2.35. The molecule has 2 rings (SSSR count). The lowest BCUT2D eigenvalue weighted by Crippen LogP contribution is -2.29. The highest BCUT2D eigenvalue weighted by molar-refractivity contribution is 7.89. The largest absolute Gasteiger partial charge is 0.376 e. The Morgan fingerprint density at radius 3 is 2.65 bits per heavy atom. The Bertz CT molecular complexity index is 751. The van der Waals surface area contributed by atoms with E-state index >= 15 is 0 Å². The normalized spacial score (nSPS) is 11.5. The van der Waals surface area contributed by atoms with E-state index in [1.54, 1.807) is 24.7 Å². The number of hydrogen-bond acceptors (Lipinski definition) is 7. The number of aryl methyl sites for hydroxylation is 2. The number of imidazole rings is 1. The first-order valence-electron chi connectivity index (χ1n) is 7.03. The van der Waals surface area contributed by atoms with Crippen LogP contribution >= 0.6 is 0 Å². The fourth-order valence-electron chi connectivity index (χ4n) is 1.79. The number of nitrogens with one attached hydrogen (secondary N) is 2. The predicted octanol–water partition coefficient (Wildman–Crippen LogP) is -0.0251. The van der Waals surface area contributed by atoms with Crippen molar-refractivity contribution in [3.8, 4) is 0 Å². The number of rotatable bonds is 7. The van der Waals surface area contributed by atoms with Gasteiger partial charge in [0.15, 0.2) is 10.8 Å². The third kappa shape index (κ3) is 4.39. The van der Waals surface area contributed by atoms with E-state index in [1.807, 2.05) is 25.1 Å². The SMILES string of the molecule is Cc1nc(S(=O)(=O)NCCNc2cc(N(C)C)cnn2)cn1C. The van der Waals surface area contributed by atoms with Crippen LogP contribution in [-0.4, -0.2) is 55.4 Å². The smallest absolute Gasteiger partial charge is 0.259 e. The Balaban J connectivity index is 1.88. The lowest BCUT2D eigenvalue weighted by atomic mass is 10.4. The Morgan fingerprint density at radius 2 is 2.04 bits per heavy atom. The Hall–Kier alpha value is -2.20. The molecule has 0 aliphatic rings. The van der Waals surface area contributed by atoms with E-state index in [2.05, 4.69) is 25.2 Å². The van der Waals surface area contributed by atoms with Crippen LogP contribution in [-0.2, 0) is 17.1 Å². The molecule has 0 atom stereocenters. The van der Waals surface area contributed by atoms with Crippen molar-refractivity contribution in [3.63, 3.8) is 0 Å². The molecule has 0 aromatic carbocycles. The van der Waals surface area contributed by atoms with Gasteiger partial charge < -0.3 is 14.8 Å². The summed E-state index contributed by atoms with van der Waals surface area (Å²) in [5.74, 6) is 1.23. The highest BCUT2D eigenvalue weighted by Gasteiger charge is 2.17. The van der Waals surface area contributed by atoms with Gasteiger partial charge in [0.05, 0.1) is 11.9 Å².